The Bertz CT molecular complexity index is 551. The summed E-state index contributed by atoms with van der Waals surface area (Å²) in [5.74, 6) is -2.42. The predicted molar refractivity (Wildman–Crippen MR) is 63.8 cm³/mol. The first-order chi connectivity index (χ1) is 8.83. The lowest BCUT2D eigenvalue weighted by Crippen LogP contribution is -2.40. The highest BCUT2D eigenvalue weighted by atomic mass is 32.2. The van der Waals surface area contributed by atoms with E-state index in [2.05, 4.69) is 4.74 Å². The molecule has 0 saturated heterocycles. The Morgan fingerprint density at radius 2 is 2.11 bits per heavy atom. The Labute approximate surface area is 109 Å². The maximum absolute atomic E-state index is 13.6. The van der Waals surface area contributed by atoms with Gasteiger partial charge >= 0.3 is 0 Å². The summed E-state index contributed by atoms with van der Waals surface area (Å²) in [6.45, 7) is -0.639. The first-order valence-electron chi connectivity index (χ1n) is 5.19. The highest BCUT2D eigenvalue weighted by molar-refractivity contribution is 7.89. The van der Waals surface area contributed by atoms with Crippen molar-refractivity contribution in [2.45, 2.75) is 10.9 Å². The number of methoxy groups -OCH3 is 1. The minimum atomic E-state index is -4.28. The zero-order valence-corrected chi connectivity index (χ0v) is 10.9. The summed E-state index contributed by atoms with van der Waals surface area (Å²) >= 11 is 0. The fourth-order valence-electron chi connectivity index (χ4n) is 1.36. The van der Waals surface area contributed by atoms with E-state index in [1.54, 1.807) is 0 Å². The van der Waals surface area contributed by atoms with Crippen molar-refractivity contribution in [3.63, 3.8) is 0 Å². The number of benzene rings is 1. The van der Waals surface area contributed by atoms with E-state index in [1.165, 1.54) is 7.11 Å². The number of aliphatic hydroxyl groups excluding tert-OH is 1. The van der Waals surface area contributed by atoms with E-state index < -0.39 is 44.9 Å². The number of rotatable bonds is 6. The lowest BCUT2D eigenvalue weighted by atomic mass is 10.3. The Balaban J connectivity index is 3.10. The van der Waals surface area contributed by atoms with E-state index in [0.29, 0.717) is 0 Å². The number of aliphatic hydroxyl groups is 1. The van der Waals surface area contributed by atoms with Crippen molar-refractivity contribution in [3.05, 3.63) is 23.8 Å². The molecule has 0 heterocycles. The summed E-state index contributed by atoms with van der Waals surface area (Å²) in [5.41, 5.74) is 4.21. The van der Waals surface area contributed by atoms with Gasteiger partial charge in [-0.2, -0.15) is 0 Å². The Hall–Kier alpha value is -1.29. The van der Waals surface area contributed by atoms with Gasteiger partial charge < -0.3 is 15.6 Å². The molecule has 0 amide bonds. The van der Waals surface area contributed by atoms with Gasteiger partial charge in [0.15, 0.2) is 5.82 Å². The van der Waals surface area contributed by atoms with Gasteiger partial charge in [-0.15, -0.1) is 0 Å². The van der Waals surface area contributed by atoms with E-state index in [9.17, 15) is 17.2 Å². The fraction of sp³-hybridized carbons (Fsp3) is 0.400. The van der Waals surface area contributed by atoms with Gasteiger partial charge in [0.05, 0.1) is 19.3 Å². The van der Waals surface area contributed by atoms with E-state index in [1.807, 2.05) is 4.72 Å². The SMILES string of the molecule is COCC(CO)NS(=O)(=O)c1ccc(F)c(N)c1F. The minimum absolute atomic E-state index is 0.103. The second kappa shape index (κ2) is 6.24. The standard InChI is InChI=1S/C10H14F2N2O4S/c1-18-5-6(4-15)14-19(16,17)8-3-2-7(11)10(13)9(8)12/h2-3,6,14-15H,4-5,13H2,1H3. The fourth-order valence-corrected chi connectivity index (χ4v) is 2.67. The van der Waals surface area contributed by atoms with Gasteiger partial charge in [0.1, 0.15) is 16.4 Å². The third kappa shape index (κ3) is 3.60. The largest absolute Gasteiger partial charge is 0.395 e. The second-order valence-electron chi connectivity index (χ2n) is 3.73. The number of hydrogen-bond donors (Lipinski definition) is 3. The molecule has 6 nitrogen and oxygen atoms in total. The summed E-state index contributed by atoms with van der Waals surface area (Å²) in [4.78, 5) is -0.791. The average Bonchev–Trinajstić information content (AvgIpc) is 2.34. The van der Waals surface area contributed by atoms with Crippen molar-refractivity contribution in [2.24, 2.45) is 0 Å². The van der Waals surface area contributed by atoms with Crippen molar-refractivity contribution in [2.75, 3.05) is 26.1 Å². The lowest BCUT2D eigenvalue weighted by Gasteiger charge is -2.16. The Morgan fingerprint density at radius 3 is 2.63 bits per heavy atom. The van der Waals surface area contributed by atoms with Gasteiger partial charge in [-0.05, 0) is 12.1 Å². The van der Waals surface area contributed by atoms with Crippen LogP contribution in [0.4, 0.5) is 14.5 Å². The van der Waals surface area contributed by atoms with Crippen molar-refractivity contribution < 1.29 is 27.0 Å². The first-order valence-corrected chi connectivity index (χ1v) is 6.67. The van der Waals surface area contributed by atoms with E-state index in [-0.39, 0.29) is 6.61 Å². The molecule has 0 spiro atoms. The lowest BCUT2D eigenvalue weighted by molar-refractivity contribution is 0.139. The molecule has 0 aromatic heterocycles. The molecule has 4 N–H and O–H groups in total. The number of nitrogens with two attached hydrogens (primary N) is 1. The van der Waals surface area contributed by atoms with Crippen LogP contribution < -0.4 is 10.5 Å². The van der Waals surface area contributed by atoms with Crippen LogP contribution in [0.15, 0.2) is 17.0 Å². The molecule has 0 fully saturated rings. The van der Waals surface area contributed by atoms with Crippen molar-refractivity contribution in [1.29, 1.82) is 0 Å². The van der Waals surface area contributed by atoms with Gasteiger partial charge in [0, 0.05) is 7.11 Å². The topological polar surface area (TPSA) is 102 Å². The van der Waals surface area contributed by atoms with Gasteiger partial charge in [-0.1, -0.05) is 0 Å². The zero-order valence-electron chi connectivity index (χ0n) is 10.1. The molecule has 9 heteroatoms. The van der Waals surface area contributed by atoms with Gasteiger partial charge in [-0.3, -0.25) is 0 Å². The second-order valence-corrected chi connectivity index (χ2v) is 5.41. The zero-order chi connectivity index (χ0) is 14.6. The molecule has 0 bridgehead atoms. The number of hydrogen-bond acceptors (Lipinski definition) is 5. The minimum Gasteiger partial charge on any atom is -0.395 e. The van der Waals surface area contributed by atoms with Crippen LogP contribution >= 0.6 is 0 Å². The van der Waals surface area contributed by atoms with Gasteiger partial charge in [0.25, 0.3) is 0 Å². The van der Waals surface area contributed by atoms with Crippen molar-refractivity contribution in [1.82, 2.24) is 4.72 Å². The van der Waals surface area contributed by atoms with Crippen LogP contribution in [0.3, 0.4) is 0 Å². The Morgan fingerprint density at radius 1 is 1.47 bits per heavy atom. The number of sulfonamides is 1. The first kappa shape index (κ1) is 15.8. The van der Waals surface area contributed by atoms with Crippen LogP contribution in [0.2, 0.25) is 0 Å². The number of nitrogen functional groups attached to an aromatic ring is 1. The number of halogens is 2. The molecular formula is C10H14F2N2O4S. The molecule has 1 rings (SSSR count). The Kier molecular flexibility index (Phi) is 5.18. The quantitative estimate of drug-likeness (QED) is 0.633. The summed E-state index contributed by atoms with van der Waals surface area (Å²) < 4.78 is 57.0. The van der Waals surface area contributed by atoms with Crippen LogP contribution in [-0.2, 0) is 14.8 Å². The highest BCUT2D eigenvalue weighted by Crippen LogP contribution is 2.22. The monoisotopic (exact) mass is 296 g/mol. The maximum Gasteiger partial charge on any atom is 0.243 e. The van der Waals surface area contributed by atoms with Gasteiger partial charge in [0.2, 0.25) is 10.0 Å². The summed E-state index contributed by atoms with van der Waals surface area (Å²) in [7, 11) is -2.96. The van der Waals surface area contributed by atoms with E-state index in [4.69, 9.17) is 10.8 Å². The molecule has 19 heavy (non-hydrogen) atoms. The predicted octanol–water partition coefficient (Wildman–Crippen LogP) is -0.167. The molecule has 0 saturated carbocycles. The van der Waals surface area contributed by atoms with E-state index >= 15 is 0 Å². The van der Waals surface area contributed by atoms with Crippen LogP contribution in [0.1, 0.15) is 0 Å². The van der Waals surface area contributed by atoms with Crippen molar-refractivity contribution in [3.8, 4) is 0 Å². The third-order valence-electron chi connectivity index (χ3n) is 2.29. The van der Waals surface area contributed by atoms with Crippen molar-refractivity contribution >= 4 is 15.7 Å². The smallest absolute Gasteiger partial charge is 0.243 e. The van der Waals surface area contributed by atoms with Crippen LogP contribution in [0.5, 0.6) is 0 Å². The molecular weight excluding hydrogens is 282 g/mol. The molecule has 1 aromatic rings. The summed E-state index contributed by atoms with van der Waals surface area (Å²) in [6, 6.07) is 0.558. The molecule has 0 aliphatic heterocycles. The maximum atomic E-state index is 13.6. The molecule has 1 atom stereocenters. The number of anilines is 1. The van der Waals surface area contributed by atoms with Gasteiger partial charge in [-0.25, -0.2) is 21.9 Å². The molecule has 1 unspecified atom stereocenters. The van der Waals surface area contributed by atoms with E-state index in [0.717, 1.165) is 12.1 Å². The number of nitrogens with one attached hydrogen (secondary N) is 1. The summed E-state index contributed by atoms with van der Waals surface area (Å²) in [5, 5.41) is 8.95. The van der Waals surface area contributed by atoms with Crippen LogP contribution in [0.25, 0.3) is 0 Å². The molecule has 0 aliphatic rings. The highest BCUT2D eigenvalue weighted by Gasteiger charge is 2.25. The molecule has 1 aromatic carbocycles. The summed E-state index contributed by atoms with van der Waals surface area (Å²) in [6.07, 6.45) is 0. The van der Waals surface area contributed by atoms with Crippen LogP contribution in [0, 0.1) is 11.6 Å². The third-order valence-corrected chi connectivity index (χ3v) is 3.83. The molecule has 108 valence electrons. The average molecular weight is 296 g/mol. The molecule has 0 radical (unpaired) electrons. The number of ether oxygens (including phenoxy) is 1. The molecule has 0 aliphatic carbocycles. The normalized spacial score (nSPS) is 13.5. The van der Waals surface area contributed by atoms with Crippen LogP contribution in [-0.4, -0.2) is 39.9 Å².